The second-order valence-electron chi connectivity index (χ2n) is 4.20. The van der Waals surface area contributed by atoms with Gasteiger partial charge in [-0.2, -0.15) is 0 Å². The van der Waals surface area contributed by atoms with Crippen LogP contribution in [0.2, 0.25) is 0 Å². The van der Waals surface area contributed by atoms with E-state index in [0.29, 0.717) is 6.10 Å². The van der Waals surface area contributed by atoms with Crippen molar-refractivity contribution in [1.29, 1.82) is 0 Å². The predicted molar refractivity (Wildman–Crippen MR) is 53.5 cm³/mol. The van der Waals surface area contributed by atoms with E-state index in [1.807, 2.05) is 0 Å². The highest BCUT2D eigenvalue weighted by Crippen LogP contribution is 2.27. The summed E-state index contributed by atoms with van der Waals surface area (Å²) in [6, 6.07) is 0. The highest BCUT2D eigenvalue weighted by Gasteiger charge is 2.21. The zero-order valence-electron chi connectivity index (χ0n) is 8.30. The summed E-state index contributed by atoms with van der Waals surface area (Å²) >= 11 is 0. The standard InChI is InChI=1S/C11H20NO/c1-2-4-10(5-3-1)8-11-9-12-6-7-13-11/h8,10-12H,1-7,9H2. The van der Waals surface area contributed by atoms with Gasteiger partial charge in [0.2, 0.25) is 0 Å². The highest BCUT2D eigenvalue weighted by atomic mass is 16.5. The summed E-state index contributed by atoms with van der Waals surface area (Å²) in [5, 5.41) is 3.37. The average Bonchev–Trinajstić information content (AvgIpc) is 2.21. The first kappa shape index (κ1) is 9.47. The van der Waals surface area contributed by atoms with E-state index in [2.05, 4.69) is 11.7 Å². The third-order valence-electron chi connectivity index (χ3n) is 3.09. The fourth-order valence-corrected chi connectivity index (χ4v) is 2.34. The summed E-state index contributed by atoms with van der Waals surface area (Å²) in [5.41, 5.74) is 0. The van der Waals surface area contributed by atoms with Gasteiger partial charge >= 0.3 is 0 Å². The van der Waals surface area contributed by atoms with Crippen LogP contribution in [0.25, 0.3) is 0 Å². The zero-order valence-corrected chi connectivity index (χ0v) is 8.30. The summed E-state index contributed by atoms with van der Waals surface area (Å²) in [6.07, 6.45) is 9.87. The topological polar surface area (TPSA) is 21.3 Å². The first-order valence-corrected chi connectivity index (χ1v) is 5.62. The summed E-state index contributed by atoms with van der Waals surface area (Å²) in [6.45, 7) is 2.93. The van der Waals surface area contributed by atoms with Gasteiger partial charge in [0.15, 0.2) is 0 Å². The molecule has 2 fully saturated rings. The fraction of sp³-hybridized carbons (Fsp3) is 0.909. The molecule has 1 atom stereocenters. The zero-order chi connectivity index (χ0) is 8.93. The lowest BCUT2D eigenvalue weighted by molar-refractivity contribution is 0.0405. The molecule has 2 rings (SSSR count). The van der Waals surface area contributed by atoms with Crippen LogP contribution < -0.4 is 5.32 Å². The largest absolute Gasteiger partial charge is 0.375 e. The molecule has 1 N–H and O–H groups in total. The number of ether oxygens (including phenoxy) is 1. The Morgan fingerprint density at radius 1 is 1.15 bits per heavy atom. The molecule has 1 aliphatic carbocycles. The van der Waals surface area contributed by atoms with Crippen molar-refractivity contribution in [3.05, 3.63) is 6.42 Å². The predicted octanol–water partition coefficient (Wildman–Crippen LogP) is 1.76. The highest BCUT2D eigenvalue weighted by molar-refractivity contribution is 4.89. The third kappa shape index (κ3) is 2.96. The lowest BCUT2D eigenvalue weighted by Crippen LogP contribution is -2.40. The van der Waals surface area contributed by atoms with Gasteiger partial charge in [-0.15, -0.1) is 0 Å². The second-order valence-corrected chi connectivity index (χ2v) is 4.20. The maximum atomic E-state index is 5.66. The van der Waals surface area contributed by atoms with E-state index in [1.165, 1.54) is 32.1 Å². The number of hydrogen-bond donors (Lipinski definition) is 1. The van der Waals surface area contributed by atoms with E-state index in [-0.39, 0.29) is 0 Å². The SMILES string of the molecule is [CH](C1CCCCC1)C1CNCCO1. The molecular formula is C11H20NO. The molecule has 13 heavy (non-hydrogen) atoms. The lowest BCUT2D eigenvalue weighted by Gasteiger charge is -2.29. The van der Waals surface area contributed by atoms with E-state index in [4.69, 9.17) is 4.74 Å². The maximum Gasteiger partial charge on any atom is 0.0734 e. The van der Waals surface area contributed by atoms with Gasteiger partial charge in [0.25, 0.3) is 0 Å². The Bertz CT molecular complexity index is 121. The molecule has 0 aromatic rings. The van der Waals surface area contributed by atoms with Crippen molar-refractivity contribution in [3.8, 4) is 0 Å². The van der Waals surface area contributed by atoms with Crippen molar-refractivity contribution >= 4 is 0 Å². The van der Waals surface area contributed by atoms with Crippen molar-refractivity contribution in [2.75, 3.05) is 19.7 Å². The van der Waals surface area contributed by atoms with E-state index < -0.39 is 0 Å². The van der Waals surface area contributed by atoms with E-state index in [9.17, 15) is 0 Å². The maximum absolute atomic E-state index is 5.66. The Morgan fingerprint density at radius 3 is 2.69 bits per heavy atom. The smallest absolute Gasteiger partial charge is 0.0734 e. The lowest BCUT2D eigenvalue weighted by atomic mass is 9.85. The Kier molecular flexibility index (Phi) is 3.62. The molecule has 1 heterocycles. The summed E-state index contributed by atoms with van der Waals surface area (Å²) in [5.74, 6) is 0.832. The molecule has 0 aromatic heterocycles. The van der Waals surface area contributed by atoms with Crippen molar-refractivity contribution in [1.82, 2.24) is 5.32 Å². The average molecular weight is 182 g/mol. The minimum atomic E-state index is 0.386. The summed E-state index contributed by atoms with van der Waals surface area (Å²) in [7, 11) is 0. The quantitative estimate of drug-likeness (QED) is 0.702. The molecule has 2 nitrogen and oxygen atoms in total. The molecule has 0 spiro atoms. The van der Waals surface area contributed by atoms with Crippen LogP contribution in [0.4, 0.5) is 0 Å². The monoisotopic (exact) mass is 182 g/mol. The fourth-order valence-electron chi connectivity index (χ4n) is 2.34. The van der Waals surface area contributed by atoms with E-state index in [0.717, 1.165) is 25.6 Å². The molecule has 1 saturated heterocycles. The van der Waals surface area contributed by atoms with Crippen LogP contribution in [-0.4, -0.2) is 25.8 Å². The Hall–Kier alpha value is -0.0800. The Balaban J connectivity index is 1.69. The molecule has 1 unspecified atom stereocenters. The van der Waals surface area contributed by atoms with Gasteiger partial charge in [0.05, 0.1) is 12.7 Å². The molecule has 75 valence electrons. The normalized spacial score (nSPS) is 31.8. The summed E-state index contributed by atoms with van der Waals surface area (Å²) in [4.78, 5) is 0. The van der Waals surface area contributed by atoms with Gasteiger partial charge < -0.3 is 10.1 Å². The van der Waals surface area contributed by atoms with Gasteiger partial charge in [-0.05, 0) is 12.3 Å². The molecule has 1 saturated carbocycles. The third-order valence-corrected chi connectivity index (χ3v) is 3.09. The molecule has 0 aromatic carbocycles. The van der Waals surface area contributed by atoms with Crippen LogP contribution in [0, 0.1) is 12.3 Å². The molecule has 2 heteroatoms. The van der Waals surface area contributed by atoms with Gasteiger partial charge in [-0.1, -0.05) is 32.1 Å². The van der Waals surface area contributed by atoms with Crippen LogP contribution >= 0.6 is 0 Å². The van der Waals surface area contributed by atoms with Crippen molar-refractivity contribution in [2.45, 2.75) is 38.2 Å². The molecular weight excluding hydrogens is 162 g/mol. The van der Waals surface area contributed by atoms with Crippen LogP contribution in [0.1, 0.15) is 32.1 Å². The van der Waals surface area contributed by atoms with Crippen LogP contribution in [0.3, 0.4) is 0 Å². The van der Waals surface area contributed by atoms with Crippen molar-refractivity contribution in [3.63, 3.8) is 0 Å². The minimum absolute atomic E-state index is 0.386. The second kappa shape index (κ2) is 4.97. The van der Waals surface area contributed by atoms with Crippen molar-refractivity contribution in [2.24, 2.45) is 5.92 Å². The first-order chi connectivity index (χ1) is 6.45. The molecule has 2 aliphatic rings. The summed E-state index contributed by atoms with van der Waals surface area (Å²) < 4.78 is 5.66. The van der Waals surface area contributed by atoms with Crippen LogP contribution in [0.15, 0.2) is 0 Å². The van der Waals surface area contributed by atoms with Gasteiger partial charge in [-0.3, -0.25) is 0 Å². The number of morpholine rings is 1. The van der Waals surface area contributed by atoms with Gasteiger partial charge in [0.1, 0.15) is 0 Å². The minimum Gasteiger partial charge on any atom is -0.375 e. The molecule has 0 bridgehead atoms. The van der Waals surface area contributed by atoms with E-state index in [1.54, 1.807) is 0 Å². The van der Waals surface area contributed by atoms with Gasteiger partial charge in [-0.25, -0.2) is 0 Å². The Morgan fingerprint density at radius 2 is 2.00 bits per heavy atom. The number of hydrogen-bond acceptors (Lipinski definition) is 2. The van der Waals surface area contributed by atoms with Gasteiger partial charge in [0, 0.05) is 13.1 Å². The number of rotatable bonds is 2. The van der Waals surface area contributed by atoms with Crippen LogP contribution in [-0.2, 0) is 4.74 Å². The molecule has 1 radical (unpaired) electrons. The van der Waals surface area contributed by atoms with Crippen molar-refractivity contribution < 1.29 is 4.74 Å². The number of nitrogens with one attached hydrogen (secondary N) is 1. The van der Waals surface area contributed by atoms with Crippen LogP contribution in [0.5, 0.6) is 0 Å². The molecule has 1 aliphatic heterocycles. The van der Waals surface area contributed by atoms with E-state index >= 15 is 0 Å². The Labute approximate surface area is 81.0 Å². The first-order valence-electron chi connectivity index (χ1n) is 5.62. The molecule has 0 amide bonds.